The van der Waals surface area contributed by atoms with Gasteiger partial charge in [-0.15, -0.1) is 0 Å². The van der Waals surface area contributed by atoms with Gasteiger partial charge in [0.2, 0.25) is 0 Å². The maximum Gasteiger partial charge on any atom is 0.293 e. The highest BCUT2D eigenvalue weighted by Crippen LogP contribution is 2.35. The van der Waals surface area contributed by atoms with Crippen molar-refractivity contribution in [2.75, 3.05) is 26.9 Å². The Labute approximate surface area is 203 Å². The van der Waals surface area contributed by atoms with E-state index in [1.54, 1.807) is 13.2 Å². The number of thioether (sulfide) groups is 1. The lowest BCUT2D eigenvalue weighted by Crippen LogP contribution is -2.29. The van der Waals surface area contributed by atoms with Gasteiger partial charge in [-0.25, -0.2) is 0 Å². The minimum Gasteiger partial charge on any atom is -0.490 e. The van der Waals surface area contributed by atoms with E-state index in [4.69, 9.17) is 14.2 Å². The van der Waals surface area contributed by atoms with Crippen LogP contribution in [0.25, 0.3) is 16.8 Å². The molecule has 7 heteroatoms. The number of nitrogens with zero attached hydrogens (tertiary/aromatic N) is 1. The zero-order chi connectivity index (χ0) is 23.9. The molecule has 6 nitrogen and oxygen atoms in total. The lowest BCUT2D eigenvalue weighted by atomic mass is 10.1. The van der Waals surface area contributed by atoms with E-state index < -0.39 is 0 Å². The number of carbonyl (C=O) groups is 2. The first-order valence-corrected chi connectivity index (χ1v) is 12.0. The van der Waals surface area contributed by atoms with Crippen molar-refractivity contribution >= 4 is 39.8 Å². The van der Waals surface area contributed by atoms with Gasteiger partial charge in [-0.05, 0) is 71.3 Å². The summed E-state index contributed by atoms with van der Waals surface area (Å²) in [4.78, 5) is 26.6. The van der Waals surface area contributed by atoms with Crippen LogP contribution < -0.4 is 9.47 Å². The number of benzene rings is 3. The number of imide groups is 1. The molecule has 0 unspecified atom stereocenters. The summed E-state index contributed by atoms with van der Waals surface area (Å²) in [5, 5.41) is 2.10. The number of fused-ring (bicyclic) bond motifs is 1. The SMILES string of the molecule is CCOc1cc(/C=C2/SC(=O)N(CCCOC)C2=O)ccc1OCc1ccc2ccccc2c1. The van der Waals surface area contributed by atoms with Crippen molar-refractivity contribution in [1.29, 1.82) is 0 Å². The molecule has 176 valence electrons. The van der Waals surface area contributed by atoms with E-state index >= 15 is 0 Å². The second-order valence-corrected chi connectivity index (χ2v) is 8.78. The number of methoxy groups -OCH3 is 1. The predicted molar refractivity (Wildman–Crippen MR) is 135 cm³/mol. The quantitative estimate of drug-likeness (QED) is 0.268. The molecule has 3 aromatic carbocycles. The standard InChI is InChI=1S/C27H27NO5S/c1-3-32-24-16-19(17-25-26(29)28(27(30)34-25)13-6-14-31-2)10-12-23(24)33-18-20-9-11-21-7-4-5-8-22(21)15-20/h4-5,7-12,15-17H,3,6,13-14,18H2,1-2H3/b25-17+. The fourth-order valence-electron chi connectivity index (χ4n) is 3.70. The Morgan fingerprint density at radius 1 is 0.941 bits per heavy atom. The molecular formula is C27H27NO5S. The molecule has 3 aromatic rings. The number of rotatable bonds is 10. The number of hydrogen-bond donors (Lipinski definition) is 0. The summed E-state index contributed by atoms with van der Waals surface area (Å²) in [6, 6.07) is 20.0. The van der Waals surface area contributed by atoms with Crippen LogP contribution in [0.1, 0.15) is 24.5 Å². The molecule has 0 saturated carbocycles. The topological polar surface area (TPSA) is 65.1 Å². The Hall–Kier alpha value is -3.29. The van der Waals surface area contributed by atoms with Gasteiger partial charge >= 0.3 is 0 Å². The maximum atomic E-state index is 12.7. The molecule has 0 atom stereocenters. The molecule has 0 aromatic heterocycles. The number of amides is 2. The fraction of sp³-hybridized carbons (Fsp3) is 0.259. The molecule has 0 radical (unpaired) electrons. The third-order valence-electron chi connectivity index (χ3n) is 5.38. The van der Waals surface area contributed by atoms with Gasteiger partial charge in [-0.3, -0.25) is 14.5 Å². The zero-order valence-electron chi connectivity index (χ0n) is 19.3. The van der Waals surface area contributed by atoms with Gasteiger partial charge in [0.25, 0.3) is 11.1 Å². The molecule has 1 aliphatic heterocycles. The summed E-state index contributed by atoms with van der Waals surface area (Å²) in [5.74, 6) is 0.942. The second kappa shape index (κ2) is 11.2. The van der Waals surface area contributed by atoms with Gasteiger partial charge in [0.05, 0.1) is 11.5 Å². The Kier molecular flexibility index (Phi) is 7.87. The minimum atomic E-state index is -0.277. The summed E-state index contributed by atoms with van der Waals surface area (Å²) >= 11 is 0.952. The van der Waals surface area contributed by atoms with E-state index in [0.29, 0.717) is 49.2 Å². The van der Waals surface area contributed by atoms with Crippen LogP contribution in [-0.4, -0.2) is 42.9 Å². The van der Waals surface area contributed by atoms with Crippen LogP contribution in [-0.2, 0) is 16.1 Å². The summed E-state index contributed by atoms with van der Waals surface area (Å²) in [6.45, 7) is 3.64. The third kappa shape index (κ3) is 5.61. The molecular weight excluding hydrogens is 450 g/mol. The molecule has 0 bridgehead atoms. The Morgan fingerprint density at radius 2 is 1.76 bits per heavy atom. The van der Waals surface area contributed by atoms with Crippen LogP contribution in [0.15, 0.2) is 65.6 Å². The van der Waals surface area contributed by atoms with Crippen molar-refractivity contribution in [2.45, 2.75) is 20.0 Å². The smallest absolute Gasteiger partial charge is 0.293 e. The molecule has 0 spiro atoms. The molecule has 1 aliphatic rings. The highest BCUT2D eigenvalue weighted by atomic mass is 32.2. The van der Waals surface area contributed by atoms with E-state index in [2.05, 4.69) is 30.3 Å². The van der Waals surface area contributed by atoms with Crippen molar-refractivity contribution in [3.8, 4) is 11.5 Å². The molecule has 0 N–H and O–H groups in total. The average Bonchev–Trinajstić information content (AvgIpc) is 3.11. The molecule has 0 aliphatic carbocycles. The van der Waals surface area contributed by atoms with Crippen LogP contribution in [0.4, 0.5) is 4.79 Å². The predicted octanol–water partition coefficient (Wildman–Crippen LogP) is 5.89. The molecule has 1 heterocycles. The van der Waals surface area contributed by atoms with Crippen molar-refractivity contribution in [3.05, 3.63) is 76.7 Å². The fourth-order valence-corrected chi connectivity index (χ4v) is 4.57. The lowest BCUT2D eigenvalue weighted by Gasteiger charge is -2.13. The van der Waals surface area contributed by atoms with Crippen molar-refractivity contribution < 1.29 is 23.8 Å². The molecule has 1 fully saturated rings. The summed E-state index contributed by atoms with van der Waals surface area (Å²) in [5.41, 5.74) is 1.83. The Balaban J connectivity index is 1.48. The highest BCUT2D eigenvalue weighted by Gasteiger charge is 2.34. The van der Waals surface area contributed by atoms with E-state index in [0.717, 1.165) is 22.9 Å². The lowest BCUT2D eigenvalue weighted by molar-refractivity contribution is -0.122. The van der Waals surface area contributed by atoms with E-state index in [1.807, 2.05) is 37.3 Å². The van der Waals surface area contributed by atoms with Crippen LogP contribution in [0.3, 0.4) is 0 Å². The van der Waals surface area contributed by atoms with Crippen molar-refractivity contribution in [1.82, 2.24) is 4.90 Å². The number of hydrogen-bond acceptors (Lipinski definition) is 6. The van der Waals surface area contributed by atoms with Gasteiger partial charge in [0, 0.05) is 20.3 Å². The number of ether oxygens (including phenoxy) is 3. The van der Waals surface area contributed by atoms with Crippen LogP contribution in [0.5, 0.6) is 11.5 Å². The van der Waals surface area contributed by atoms with Gasteiger partial charge in [0.1, 0.15) is 6.61 Å². The largest absolute Gasteiger partial charge is 0.490 e. The summed E-state index contributed by atoms with van der Waals surface area (Å²) in [7, 11) is 1.60. The minimum absolute atomic E-state index is 0.257. The van der Waals surface area contributed by atoms with Gasteiger partial charge in [-0.2, -0.15) is 0 Å². The first-order chi connectivity index (χ1) is 16.6. The molecule has 4 rings (SSSR count). The number of carbonyl (C=O) groups excluding carboxylic acids is 2. The van der Waals surface area contributed by atoms with Gasteiger partial charge in [-0.1, -0.05) is 42.5 Å². The van der Waals surface area contributed by atoms with Crippen LogP contribution in [0.2, 0.25) is 0 Å². The Morgan fingerprint density at radius 3 is 2.56 bits per heavy atom. The first-order valence-electron chi connectivity index (χ1n) is 11.2. The van der Waals surface area contributed by atoms with Crippen LogP contribution >= 0.6 is 11.8 Å². The van der Waals surface area contributed by atoms with Crippen molar-refractivity contribution in [3.63, 3.8) is 0 Å². The normalized spacial score (nSPS) is 14.9. The van der Waals surface area contributed by atoms with Crippen LogP contribution in [0, 0.1) is 0 Å². The average molecular weight is 478 g/mol. The maximum absolute atomic E-state index is 12.7. The molecule has 34 heavy (non-hydrogen) atoms. The van der Waals surface area contributed by atoms with Gasteiger partial charge < -0.3 is 14.2 Å². The monoisotopic (exact) mass is 477 g/mol. The Bertz CT molecular complexity index is 1220. The van der Waals surface area contributed by atoms with E-state index in [9.17, 15) is 9.59 Å². The highest BCUT2D eigenvalue weighted by molar-refractivity contribution is 8.18. The molecule has 2 amide bonds. The van der Waals surface area contributed by atoms with Gasteiger partial charge in [0.15, 0.2) is 11.5 Å². The van der Waals surface area contributed by atoms with E-state index in [1.165, 1.54) is 15.7 Å². The molecule has 1 saturated heterocycles. The van der Waals surface area contributed by atoms with Crippen molar-refractivity contribution in [2.24, 2.45) is 0 Å². The third-order valence-corrected chi connectivity index (χ3v) is 6.28. The zero-order valence-corrected chi connectivity index (χ0v) is 20.1. The first kappa shape index (κ1) is 23.9. The summed E-state index contributed by atoms with van der Waals surface area (Å²) < 4.78 is 16.9. The van der Waals surface area contributed by atoms with E-state index in [-0.39, 0.29) is 11.1 Å². The second-order valence-electron chi connectivity index (χ2n) is 7.79. The summed E-state index contributed by atoms with van der Waals surface area (Å²) in [6.07, 6.45) is 2.33.